The van der Waals surface area contributed by atoms with Gasteiger partial charge in [0.05, 0.1) is 17.5 Å². The van der Waals surface area contributed by atoms with Gasteiger partial charge in [-0.2, -0.15) is 0 Å². The molecule has 2 aliphatic rings. The molecule has 0 spiro atoms. The van der Waals surface area contributed by atoms with Crippen LogP contribution in [0.1, 0.15) is 12.1 Å². The number of carbonyl (C=O) groups is 2. The second-order valence-corrected chi connectivity index (χ2v) is 6.96. The second-order valence-electron chi connectivity index (χ2n) is 6.96. The smallest absolute Gasteiger partial charge is 0.307 e. The van der Waals surface area contributed by atoms with Crippen molar-refractivity contribution in [1.82, 2.24) is 4.98 Å². The lowest BCUT2D eigenvalue weighted by Crippen LogP contribution is -2.36. The van der Waals surface area contributed by atoms with Gasteiger partial charge in [0.1, 0.15) is 12.4 Å². The fraction of sp³-hybridized carbons (Fsp3) is 0.286. The topological polar surface area (TPSA) is 88.5 Å². The summed E-state index contributed by atoms with van der Waals surface area (Å²) >= 11 is 0. The van der Waals surface area contributed by atoms with Gasteiger partial charge in [0.2, 0.25) is 5.91 Å². The quantitative estimate of drug-likeness (QED) is 0.769. The van der Waals surface area contributed by atoms with Crippen molar-refractivity contribution in [3.63, 3.8) is 0 Å². The van der Waals surface area contributed by atoms with Crippen LogP contribution in [-0.4, -0.2) is 22.0 Å². The Kier molecular flexibility index (Phi) is 4.62. The molecule has 2 N–H and O–H groups in total. The first-order valence-electron chi connectivity index (χ1n) is 8.96. The number of carboxylic acid groups (broad SMARTS) is 1. The lowest BCUT2D eigenvalue weighted by Gasteiger charge is -2.24. The maximum absolute atomic E-state index is 12.8. The summed E-state index contributed by atoms with van der Waals surface area (Å²) in [5.74, 6) is -1.77. The van der Waals surface area contributed by atoms with E-state index in [1.54, 1.807) is 30.5 Å². The third-order valence-electron chi connectivity index (χ3n) is 5.26. The van der Waals surface area contributed by atoms with Gasteiger partial charge in [0, 0.05) is 18.0 Å². The van der Waals surface area contributed by atoms with Crippen molar-refractivity contribution in [2.24, 2.45) is 23.7 Å². The van der Waals surface area contributed by atoms with Gasteiger partial charge in [-0.25, -0.2) is 0 Å². The number of allylic oxidation sites excluding steroid dienone is 2. The van der Waals surface area contributed by atoms with E-state index in [4.69, 9.17) is 4.74 Å². The summed E-state index contributed by atoms with van der Waals surface area (Å²) in [6.07, 6.45) is 6.35. The number of carbonyl (C=O) groups excluding carboxylic acids is 1. The molecular weight excluding hydrogens is 344 g/mol. The first kappa shape index (κ1) is 17.3. The molecule has 0 radical (unpaired) electrons. The predicted octanol–water partition coefficient (Wildman–Crippen LogP) is 3.12. The van der Waals surface area contributed by atoms with Crippen LogP contribution < -0.4 is 10.1 Å². The average molecular weight is 364 g/mol. The molecule has 2 aromatic rings. The number of rotatable bonds is 6. The van der Waals surface area contributed by atoms with Crippen LogP contribution in [-0.2, 0) is 16.2 Å². The van der Waals surface area contributed by atoms with Crippen molar-refractivity contribution in [2.75, 3.05) is 5.32 Å². The Labute approximate surface area is 156 Å². The number of ether oxygens (including phenoxy) is 1. The number of pyridine rings is 1. The van der Waals surface area contributed by atoms with Crippen molar-refractivity contribution in [2.45, 2.75) is 13.0 Å². The number of carboxylic acids is 1. The predicted molar refractivity (Wildman–Crippen MR) is 99.0 cm³/mol. The molecule has 4 rings (SSSR count). The van der Waals surface area contributed by atoms with Gasteiger partial charge >= 0.3 is 5.97 Å². The minimum Gasteiger partial charge on any atom is -0.487 e. The van der Waals surface area contributed by atoms with Crippen molar-refractivity contribution >= 4 is 17.6 Å². The first-order valence-corrected chi connectivity index (χ1v) is 8.96. The van der Waals surface area contributed by atoms with Crippen LogP contribution in [0.3, 0.4) is 0 Å². The lowest BCUT2D eigenvalue weighted by atomic mass is 9.82. The second kappa shape index (κ2) is 7.23. The molecule has 27 heavy (non-hydrogen) atoms. The number of aromatic nitrogens is 1. The summed E-state index contributed by atoms with van der Waals surface area (Å²) in [5, 5.41) is 12.4. The summed E-state index contributed by atoms with van der Waals surface area (Å²) in [5.41, 5.74) is 1.40. The summed E-state index contributed by atoms with van der Waals surface area (Å²) in [7, 11) is 0. The van der Waals surface area contributed by atoms with E-state index in [1.165, 1.54) is 0 Å². The summed E-state index contributed by atoms with van der Waals surface area (Å²) in [4.78, 5) is 28.6. The molecule has 4 atom stereocenters. The van der Waals surface area contributed by atoms with E-state index in [0.717, 1.165) is 12.1 Å². The van der Waals surface area contributed by atoms with Gasteiger partial charge in [0.25, 0.3) is 0 Å². The molecular formula is C21H20N2O4. The van der Waals surface area contributed by atoms with Gasteiger partial charge in [-0.3, -0.25) is 14.6 Å². The summed E-state index contributed by atoms with van der Waals surface area (Å²) < 4.78 is 5.73. The van der Waals surface area contributed by atoms with Gasteiger partial charge in [-0.05, 0) is 42.5 Å². The molecule has 0 aliphatic heterocycles. The minimum absolute atomic E-state index is 0.000289. The standard InChI is InChI=1S/C21H20N2O4/c24-20(18-13-7-8-14(10-13)19(18)21(25)26)23-15-5-3-6-17(11-15)27-12-16-4-1-2-9-22-16/h1-9,11,13-14,18-19H,10,12H2,(H,23,24)(H,25,26)/t13-,14-,18-,19-/m0/s1. The van der Waals surface area contributed by atoms with Crippen LogP contribution in [0.2, 0.25) is 0 Å². The highest BCUT2D eigenvalue weighted by Gasteiger charge is 2.51. The SMILES string of the molecule is O=C(O)[C@@H]1[C@@H](C(=O)Nc2cccc(OCc3ccccn3)c2)[C@H]2C=C[C@H]1C2. The van der Waals surface area contributed by atoms with Crippen molar-refractivity contribution in [3.8, 4) is 5.75 Å². The Morgan fingerprint density at radius 3 is 2.67 bits per heavy atom. The number of fused-ring (bicyclic) bond motifs is 2. The number of aliphatic carboxylic acids is 1. The third-order valence-corrected chi connectivity index (χ3v) is 5.26. The fourth-order valence-electron chi connectivity index (χ4n) is 4.05. The Hall–Kier alpha value is -3.15. The molecule has 0 saturated heterocycles. The van der Waals surface area contributed by atoms with E-state index in [2.05, 4.69) is 10.3 Å². The van der Waals surface area contributed by atoms with Gasteiger partial charge < -0.3 is 15.2 Å². The zero-order chi connectivity index (χ0) is 18.8. The number of hydrogen-bond donors (Lipinski definition) is 2. The van der Waals surface area contributed by atoms with Crippen molar-refractivity contribution in [1.29, 1.82) is 0 Å². The van der Waals surface area contributed by atoms with Crippen LogP contribution in [0.5, 0.6) is 5.75 Å². The van der Waals surface area contributed by atoms with Gasteiger partial charge in [-0.15, -0.1) is 0 Å². The van der Waals surface area contributed by atoms with E-state index in [0.29, 0.717) is 18.0 Å². The monoisotopic (exact) mass is 364 g/mol. The molecule has 2 aliphatic carbocycles. The molecule has 1 aromatic heterocycles. The van der Waals surface area contributed by atoms with E-state index >= 15 is 0 Å². The molecule has 0 unspecified atom stereocenters. The molecule has 6 heteroatoms. The Morgan fingerprint density at radius 1 is 1.11 bits per heavy atom. The largest absolute Gasteiger partial charge is 0.487 e. The molecule has 2 bridgehead atoms. The van der Waals surface area contributed by atoms with E-state index in [9.17, 15) is 14.7 Å². The van der Waals surface area contributed by atoms with Crippen LogP contribution in [0.25, 0.3) is 0 Å². The highest BCUT2D eigenvalue weighted by Crippen LogP contribution is 2.48. The fourth-order valence-corrected chi connectivity index (χ4v) is 4.05. The van der Waals surface area contributed by atoms with Crippen LogP contribution in [0, 0.1) is 23.7 Å². The van der Waals surface area contributed by atoms with E-state index in [1.807, 2.05) is 30.4 Å². The van der Waals surface area contributed by atoms with Crippen molar-refractivity contribution in [3.05, 3.63) is 66.5 Å². The molecule has 138 valence electrons. The van der Waals surface area contributed by atoms with Gasteiger partial charge in [-0.1, -0.05) is 24.3 Å². The van der Waals surface area contributed by atoms with E-state index in [-0.39, 0.29) is 17.7 Å². The lowest BCUT2D eigenvalue weighted by molar-refractivity contribution is -0.146. The zero-order valence-corrected chi connectivity index (χ0v) is 14.6. The van der Waals surface area contributed by atoms with Gasteiger partial charge in [0.15, 0.2) is 0 Å². The molecule has 1 aromatic carbocycles. The average Bonchev–Trinajstić information content (AvgIpc) is 3.29. The highest BCUT2D eigenvalue weighted by atomic mass is 16.5. The zero-order valence-electron chi connectivity index (χ0n) is 14.6. The minimum atomic E-state index is -0.903. The molecule has 6 nitrogen and oxygen atoms in total. The Balaban J connectivity index is 1.43. The van der Waals surface area contributed by atoms with Crippen LogP contribution in [0.15, 0.2) is 60.8 Å². The third kappa shape index (κ3) is 3.56. The maximum Gasteiger partial charge on any atom is 0.307 e. The number of anilines is 1. The van der Waals surface area contributed by atoms with Crippen LogP contribution in [0.4, 0.5) is 5.69 Å². The number of nitrogens with one attached hydrogen (secondary N) is 1. The summed E-state index contributed by atoms with van der Waals surface area (Å²) in [6.45, 7) is 0.330. The molecule has 1 amide bonds. The molecule has 1 fully saturated rings. The normalized spacial score (nSPS) is 25.3. The number of amides is 1. The number of nitrogens with zero attached hydrogens (tertiary/aromatic N) is 1. The first-order chi connectivity index (χ1) is 13.1. The van der Waals surface area contributed by atoms with Crippen molar-refractivity contribution < 1.29 is 19.4 Å². The number of hydrogen-bond acceptors (Lipinski definition) is 4. The Bertz CT molecular complexity index is 881. The van der Waals surface area contributed by atoms with Crippen LogP contribution >= 0.6 is 0 Å². The molecule has 1 saturated carbocycles. The highest BCUT2D eigenvalue weighted by molar-refractivity contribution is 5.96. The molecule has 1 heterocycles. The number of benzene rings is 1. The Morgan fingerprint density at radius 2 is 1.93 bits per heavy atom. The maximum atomic E-state index is 12.8. The van der Waals surface area contributed by atoms with E-state index < -0.39 is 17.8 Å². The summed E-state index contributed by atoms with van der Waals surface area (Å²) in [6, 6.07) is 12.7.